The highest BCUT2D eigenvalue weighted by Crippen LogP contribution is 2.22. The Bertz CT molecular complexity index is 364. The third-order valence-electron chi connectivity index (χ3n) is 2.64. The number of anilines is 1. The molecule has 0 fully saturated rings. The summed E-state index contributed by atoms with van der Waals surface area (Å²) in [6.45, 7) is 4.35. The number of rotatable bonds is 5. The minimum absolute atomic E-state index is 0.0587. The van der Waals surface area contributed by atoms with Gasteiger partial charge in [0.05, 0.1) is 0 Å². The third-order valence-corrected chi connectivity index (χ3v) is 3.53. The number of carbonyl (C=O) groups excluding carboxylic acids is 1. The van der Waals surface area contributed by atoms with Crippen molar-refractivity contribution in [2.45, 2.75) is 18.7 Å². The van der Waals surface area contributed by atoms with Gasteiger partial charge in [-0.1, -0.05) is 13.8 Å². The largest absolute Gasteiger partial charge is 0.330 e. The fraction of sp³-hybridized carbons (Fsp3) is 0.462. The normalized spacial score (nSPS) is 12.2. The van der Waals surface area contributed by atoms with Crippen LogP contribution >= 0.6 is 11.8 Å². The van der Waals surface area contributed by atoms with E-state index in [0.29, 0.717) is 6.54 Å². The number of hydrogen-bond donors (Lipinski definition) is 1. The lowest BCUT2D eigenvalue weighted by atomic mass is 10.1. The third kappa shape index (κ3) is 3.75. The van der Waals surface area contributed by atoms with Gasteiger partial charge in [-0.3, -0.25) is 4.79 Å². The van der Waals surface area contributed by atoms with E-state index in [1.807, 2.05) is 31.2 Å². The molecule has 0 aliphatic rings. The van der Waals surface area contributed by atoms with Crippen LogP contribution in [0.4, 0.5) is 5.69 Å². The van der Waals surface area contributed by atoms with Crippen molar-refractivity contribution in [1.82, 2.24) is 0 Å². The van der Waals surface area contributed by atoms with E-state index in [9.17, 15) is 4.79 Å². The van der Waals surface area contributed by atoms with Crippen LogP contribution in [0.2, 0.25) is 0 Å². The van der Waals surface area contributed by atoms with E-state index >= 15 is 0 Å². The van der Waals surface area contributed by atoms with Crippen LogP contribution in [0.25, 0.3) is 0 Å². The molecule has 0 aromatic heterocycles. The fourth-order valence-corrected chi connectivity index (χ4v) is 2.15. The van der Waals surface area contributed by atoms with E-state index in [1.54, 1.807) is 23.7 Å². The van der Waals surface area contributed by atoms with Gasteiger partial charge < -0.3 is 10.6 Å². The molecule has 0 bridgehead atoms. The summed E-state index contributed by atoms with van der Waals surface area (Å²) in [4.78, 5) is 14.8. The maximum atomic E-state index is 11.9. The molecule has 1 amide bonds. The summed E-state index contributed by atoms with van der Waals surface area (Å²) >= 11 is 1.79. The molecule has 1 rings (SSSR count). The molecular formula is C13H20N2OS. The summed E-state index contributed by atoms with van der Waals surface area (Å²) in [5, 5.41) is 0. The number of carbonyl (C=O) groups is 1. The number of hydrogen-bond acceptors (Lipinski definition) is 3. The van der Waals surface area contributed by atoms with Crippen LogP contribution in [0, 0.1) is 5.92 Å². The summed E-state index contributed by atoms with van der Waals surface area (Å²) < 4.78 is 0. The van der Waals surface area contributed by atoms with Crippen molar-refractivity contribution in [3.8, 4) is 0 Å². The van der Waals surface area contributed by atoms with E-state index in [2.05, 4.69) is 6.92 Å². The highest BCUT2D eigenvalue weighted by molar-refractivity contribution is 7.99. The van der Waals surface area contributed by atoms with E-state index in [0.717, 1.165) is 11.4 Å². The minimum Gasteiger partial charge on any atom is -0.330 e. The molecule has 0 saturated carbocycles. The Morgan fingerprint density at radius 3 is 2.47 bits per heavy atom. The quantitative estimate of drug-likeness (QED) is 0.818. The van der Waals surface area contributed by atoms with Crippen molar-refractivity contribution in [2.24, 2.45) is 11.7 Å². The molecule has 0 spiro atoms. The Hall–Kier alpha value is -1.00. The Labute approximate surface area is 107 Å². The number of nitrogens with zero attached hydrogens (tertiary/aromatic N) is 1. The lowest BCUT2D eigenvalue weighted by Crippen LogP contribution is -2.35. The number of thioether (sulfide) groups is 1. The summed E-state index contributed by atoms with van der Waals surface area (Å²) in [7, 11) is 1.79. The monoisotopic (exact) mass is 252 g/mol. The molecule has 1 unspecified atom stereocenters. The van der Waals surface area contributed by atoms with Crippen molar-refractivity contribution >= 4 is 23.4 Å². The van der Waals surface area contributed by atoms with Gasteiger partial charge in [0.25, 0.3) is 0 Å². The molecule has 3 nitrogen and oxygen atoms in total. The van der Waals surface area contributed by atoms with Crippen molar-refractivity contribution < 1.29 is 4.79 Å². The van der Waals surface area contributed by atoms with Crippen molar-refractivity contribution in [2.75, 3.05) is 24.2 Å². The molecule has 1 aromatic carbocycles. The van der Waals surface area contributed by atoms with Crippen molar-refractivity contribution in [3.63, 3.8) is 0 Å². The molecule has 0 aliphatic carbocycles. The van der Waals surface area contributed by atoms with Crippen LogP contribution < -0.4 is 10.6 Å². The van der Waals surface area contributed by atoms with Crippen LogP contribution in [0.1, 0.15) is 13.8 Å². The lowest BCUT2D eigenvalue weighted by molar-refractivity contribution is -0.121. The second-order valence-electron chi connectivity index (χ2n) is 3.96. The zero-order chi connectivity index (χ0) is 12.8. The second kappa shape index (κ2) is 6.67. The van der Waals surface area contributed by atoms with Crippen molar-refractivity contribution in [1.29, 1.82) is 0 Å². The van der Waals surface area contributed by atoms with Crippen molar-refractivity contribution in [3.05, 3.63) is 24.3 Å². The maximum absolute atomic E-state index is 11.9. The number of benzene rings is 1. The SMILES string of the molecule is CCSc1ccc(N(C)C(=O)C(C)CN)cc1. The van der Waals surface area contributed by atoms with Gasteiger partial charge in [-0.05, 0) is 30.0 Å². The highest BCUT2D eigenvalue weighted by Gasteiger charge is 2.16. The minimum atomic E-state index is -0.135. The molecule has 0 radical (unpaired) electrons. The Kier molecular flexibility index (Phi) is 5.51. The molecule has 2 N–H and O–H groups in total. The van der Waals surface area contributed by atoms with Crippen LogP contribution in [-0.2, 0) is 4.79 Å². The smallest absolute Gasteiger partial charge is 0.230 e. The van der Waals surface area contributed by atoms with E-state index in [1.165, 1.54) is 4.90 Å². The molecule has 4 heteroatoms. The fourth-order valence-electron chi connectivity index (χ4n) is 1.49. The van der Waals surface area contributed by atoms with Gasteiger partial charge in [-0.2, -0.15) is 0 Å². The Morgan fingerprint density at radius 2 is 2.00 bits per heavy atom. The number of amides is 1. The zero-order valence-corrected chi connectivity index (χ0v) is 11.5. The standard InChI is InChI=1S/C13H20N2OS/c1-4-17-12-7-5-11(6-8-12)15(3)13(16)10(2)9-14/h5-8,10H,4,9,14H2,1-3H3. The predicted octanol–water partition coefficient (Wildman–Crippen LogP) is 2.36. The first-order chi connectivity index (χ1) is 8.10. The van der Waals surface area contributed by atoms with Crippen LogP contribution in [0.5, 0.6) is 0 Å². The average Bonchev–Trinajstić information content (AvgIpc) is 2.37. The first-order valence-corrected chi connectivity index (χ1v) is 6.79. The van der Waals surface area contributed by atoms with Crippen LogP contribution in [0.3, 0.4) is 0 Å². The molecule has 17 heavy (non-hydrogen) atoms. The van der Waals surface area contributed by atoms with Gasteiger partial charge >= 0.3 is 0 Å². The lowest BCUT2D eigenvalue weighted by Gasteiger charge is -2.20. The summed E-state index contributed by atoms with van der Waals surface area (Å²) in [6.07, 6.45) is 0. The van der Waals surface area contributed by atoms with E-state index < -0.39 is 0 Å². The molecule has 94 valence electrons. The van der Waals surface area contributed by atoms with E-state index in [4.69, 9.17) is 5.73 Å². The van der Waals surface area contributed by atoms with Gasteiger partial charge in [0.15, 0.2) is 0 Å². The summed E-state index contributed by atoms with van der Waals surface area (Å²) in [5.41, 5.74) is 6.41. The molecular weight excluding hydrogens is 232 g/mol. The van der Waals surface area contributed by atoms with Crippen LogP contribution in [0.15, 0.2) is 29.2 Å². The van der Waals surface area contributed by atoms with Crippen LogP contribution in [-0.4, -0.2) is 25.3 Å². The first-order valence-electron chi connectivity index (χ1n) is 5.80. The first kappa shape index (κ1) is 14.1. The maximum Gasteiger partial charge on any atom is 0.230 e. The summed E-state index contributed by atoms with van der Waals surface area (Å²) in [6, 6.07) is 8.03. The predicted molar refractivity (Wildman–Crippen MR) is 74.5 cm³/mol. The molecule has 0 saturated heterocycles. The average molecular weight is 252 g/mol. The number of nitrogens with two attached hydrogens (primary N) is 1. The Morgan fingerprint density at radius 1 is 1.41 bits per heavy atom. The van der Waals surface area contributed by atoms with Gasteiger partial charge in [0.1, 0.15) is 0 Å². The van der Waals surface area contributed by atoms with Gasteiger partial charge in [0.2, 0.25) is 5.91 Å². The Balaban J connectivity index is 2.75. The zero-order valence-electron chi connectivity index (χ0n) is 10.6. The van der Waals surface area contributed by atoms with Gasteiger partial charge in [0, 0.05) is 30.1 Å². The van der Waals surface area contributed by atoms with Gasteiger partial charge in [-0.15, -0.1) is 11.8 Å². The van der Waals surface area contributed by atoms with Gasteiger partial charge in [-0.25, -0.2) is 0 Å². The molecule has 0 heterocycles. The molecule has 0 aliphatic heterocycles. The highest BCUT2D eigenvalue weighted by atomic mass is 32.2. The topological polar surface area (TPSA) is 46.3 Å². The molecule has 1 aromatic rings. The second-order valence-corrected chi connectivity index (χ2v) is 5.30. The summed E-state index contributed by atoms with van der Waals surface area (Å²) in [5.74, 6) is 0.978. The van der Waals surface area contributed by atoms with E-state index in [-0.39, 0.29) is 11.8 Å². The molecule has 1 atom stereocenters.